The monoisotopic (exact) mass is 269 g/mol. The zero-order valence-corrected chi connectivity index (χ0v) is 11.7. The lowest BCUT2D eigenvalue weighted by Gasteiger charge is -2.22. The highest BCUT2D eigenvalue weighted by molar-refractivity contribution is 5.72. The number of hydrogen-bond acceptors (Lipinski definition) is 3. The zero-order chi connectivity index (χ0) is 14.6. The van der Waals surface area contributed by atoms with E-state index in [1.54, 1.807) is 0 Å². The molecule has 0 amide bonds. The average molecular weight is 269 g/mol. The molecule has 0 fully saturated rings. The van der Waals surface area contributed by atoms with Crippen LogP contribution in [0.25, 0.3) is 0 Å². The SMILES string of the molecule is CC(Oc1ccc(F)cc1CNC(C)(C)C)C(=O)O. The smallest absolute Gasteiger partial charge is 0.344 e. The van der Waals surface area contributed by atoms with Crippen LogP contribution >= 0.6 is 0 Å². The largest absolute Gasteiger partial charge is 0.479 e. The predicted octanol–water partition coefficient (Wildman–Crippen LogP) is 2.57. The second-order valence-electron chi connectivity index (χ2n) is 5.45. The van der Waals surface area contributed by atoms with E-state index >= 15 is 0 Å². The highest BCUT2D eigenvalue weighted by Crippen LogP contribution is 2.21. The fourth-order valence-electron chi connectivity index (χ4n) is 1.40. The van der Waals surface area contributed by atoms with Crippen LogP contribution in [0.4, 0.5) is 4.39 Å². The van der Waals surface area contributed by atoms with Gasteiger partial charge in [-0.25, -0.2) is 9.18 Å². The van der Waals surface area contributed by atoms with Crippen LogP contribution in [-0.2, 0) is 11.3 Å². The van der Waals surface area contributed by atoms with Gasteiger partial charge in [-0.15, -0.1) is 0 Å². The molecule has 0 aliphatic heterocycles. The van der Waals surface area contributed by atoms with E-state index in [0.29, 0.717) is 17.9 Å². The van der Waals surface area contributed by atoms with Crippen molar-refractivity contribution in [2.45, 2.75) is 45.9 Å². The molecule has 4 nitrogen and oxygen atoms in total. The number of carboxylic acid groups (broad SMARTS) is 1. The van der Waals surface area contributed by atoms with E-state index in [1.807, 2.05) is 20.8 Å². The van der Waals surface area contributed by atoms with Gasteiger partial charge in [0.1, 0.15) is 11.6 Å². The first-order valence-corrected chi connectivity index (χ1v) is 6.12. The average Bonchev–Trinajstić information content (AvgIpc) is 2.28. The maximum Gasteiger partial charge on any atom is 0.344 e. The first-order chi connectivity index (χ1) is 8.69. The van der Waals surface area contributed by atoms with Crippen molar-refractivity contribution in [3.8, 4) is 5.75 Å². The molecular formula is C14H20FNO3. The van der Waals surface area contributed by atoms with Crippen molar-refractivity contribution in [1.82, 2.24) is 5.32 Å². The Morgan fingerprint density at radius 3 is 2.63 bits per heavy atom. The van der Waals surface area contributed by atoms with Gasteiger partial charge >= 0.3 is 5.97 Å². The first-order valence-electron chi connectivity index (χ1n) is 6.12. The van der Waals surface area contributed by atoms with Crippen LogP contribution in [0, 0.1) is 5.82 Å². The molecule has 1 rings (SSSR count). The summed E-state index contributed by atoms with van der Waals surface area (Å²) < 4.78 is 18.6. The molecule has 0 heterocycles. The van der Waals surface area contributed by atoms with E-state index in [-0.39, 0.29) is 11.4 Å². The summed E-state index contributed by atoms with van der Waals surface area (Å²) in [5.41, 5.74) is 0.477. The van der Waals surface area contributed by atoms with Crippen LogP contribution in [0.2, 0.25) is 0 Å². The molecule has 1 atom stereocenters. The standard InChI is InChI=1S/C14H20FNO3/c1-9(13(17)18)19-12-6-5-11(15)7-10(12)8-16-14(2,3)4/h5-7,9,16H,8H2,1-4H3,(H,17,18). The summed E-state index contributed by atoms with van der Waals surface area (Å²) in [5, 5.41) is 12.0. The molecule has 2 N–H and O–H groups in total. The summed E-state index contributed by atoms with van der Waals surface area (Å²) in [5.74, 6) is -1.05. The summed E-state index contributed by atoms with van der Waals surface area (Å²) in [7, 11) is 0. The third-order valence-corrected chi connectivity index (χ3v) is 2.48. The molecule has 0 aliphatic carbocycles. The van der Waals surface area contributed by atoms with Gasteiger partial charge in [-0.3, -0.25) is 0 Å². The van der Waals surface area contributed by atoms with Crippen LogP contribution in [0.3, 0.4) is 0 Å². The van der Waals surface area contributed by atoms with E-state index in [4.69, 9.17) is 9.84 Å². The van der Waals surface area contributed by atoms with Gasteiger partial charge in [0.2, 0.25) is 0 Å². The maximum atomic E-state index is 13.3. The highest BCUT2D eigenvalue weighted by atomic mass is 19.1. The lowest BCUT2D eigenvalue weighted by atomic mass is 10.1. The number of hydrogen-bond donors (Lipinski definition) is 2. The van der Waals surface area contributed by atoms with Crippen LogP contribution in [0.1, 0.15) is 33.3 Å². The first kappa shape index (κ1) is 15.4. The predicted molar refractivity (Wildman–Crippen MR) is 70.7 cm³/mol. The second-order valence-corrected chi connectivity index (χ2v) is 5.45. The molecular weight excluding hydrogens is 249 g/mol. The lowest BCUT2D eigenvalue weighted by Crippen LogP contribution is -2.35. The van der Waals surface area contributed by atoms with Crippen LogP contribution in [0.15, 0.2) is 18.2 Å². The number of carboxylic acids is 1. The normalized spacial score (nSPS) is 13.1. The Labute approximate surface area is 112 Å². The van der Waals surface area contributed by atoms with Gasteiger partial charge in [0.05, 0.1) is 0 Å². The summed E-state index contributed by atoms with van der Waals surface area (Å²) >= 11 is 0. The van der Waals surface area contributed by atoms with Crippen LogP contribution in [0.5, 0.6) is 5.75 Å². The summed E-state index contributed by atoms with van der Waals surface area (Å²) in [6.07, 6.45) is -0.973. The minimum absolute atomic E-state index is 0.123. The van der Waals surface area contributed by atoms with Gasteiger partial charge in [0, 0.05) is 17.6 Å². The Hall–Kier alpha value is -1.62. The molecule has 0 aromatic heterocycles. The minimum atomic E-state index is -1.06. The fourth-order valence-corrected chi connectivity index (χ4v) is 1.40. The molecule has 0 saturated carbocycles. The Bertz CT molecular complexity index is 454. The minimum Gasteiger partial charge on any atom is -0.479 e. The number of halogens is 1. The van der Waals surface area contributed by atoms with Crippen molar-refractivity contribution in [3.05, 3.63) is 29.6 Å². The van der Waals surface area contributed by atoms with E-state index < -0.39 is 12.1 Å². The van der Waals surface area contributed by atoms with Crippen molar-refractivity contribution in [2.24, 2.45) is 0 Å². The van der Waals surface area contributed by atoms with Crippen LogP contribution < -0.4 is 10.1 Å². The van der Waals surface area contributed by atoms with Gasteiger partial charge in [0.25, 0.3) is 0 Å². The number of ether oxygens (including phenoxy) is 1. The Balaban J connectivity index is 2.88. The van der Waals surface area contributed by atoms with Crippen molar-refractivity contribution in [3.63, 3.8) is 0 Å². The van der Waals surface area contributed by atoms with Gasteiger partial charge in [-0.2, -0.15) is 0 Å². The Morgan fingerprint density at radius 1 is 1.47 bits per heavy atom. The molecule has 1 unspecified atom stereocenters. The number of nitrogens with one attached hydrogen (secondary N) is 1. The Kier molecular flexibility index (Phi) is 4.89. The molecule has 0 aliphatic rings. The van der Waals surface area contributed by atoms with Gasteiger partial charge in [-0.1, -0.05) is 0 Å². The molecule has 1 aromatic rings. The van der Waals surface area contributed by atoms with Gasteiger partial charge in [0.15, 0.2) is 6.10 Å². The molecule has 0 bridgehead atoms. The van der Waals surface area contributed by atoms with Crippen molar-refractivity contribution in [1.29, 1.82) is 0 Å². The molecule has 0 spiro atoms. The van der Waals surface area contributed by atoms with Crippen molar-refractivity contribution < 1.29 is 19.0 Å². The molecule has 106 valence electrons. The molecule has 19 heavy (non-hydrogen) atoms. The molecule has 1 aromatic carbocycles. The second kappa shape index (κ2) is 6.02. The number of rotatable bonds is 5. The van der Waals surface area contributed by atoms with E-state index in [0.717, 1.165) is 0 Å². The number of benzene rings is 1. The van der Waals surface area contributed by atoms with Crippen molar-refractivity contribution >= 4 is 5.97 Å². The van der Waals surface area contributed by atoms with E-state index in [9.17, 15) is 9.18 Å². The van der Waals surface area contributed by atoms with Gasteiger partial charge < -0.3 is 15.2 Å². The quantitative estimate of drug-likeness (QED) is 0.862. The maximum absolute atomic E-state index is 13.3. The van der Waals surface area contributed by atoms with Crippen molar-refractivity contribution in [2.75, 3.05) is 0 Å². The molecule has 0 saturated heterocycles. The fraction of sp³-hybridized carbons (Fsp3) is 0.500. The van der Waals surface area contributed by atoms with E-state index in [1.165, 1.54) is 25.1 Å². The third kappa shape index (κ3) is 5.26. The van der Waals surface area contributed by atoms with Crippen LogP contribution in [-0.4, -0.2) is 22.7 Å². The summed E-state index contributed by atoms with van der Waals surface area (Å²) in [4.78, 5) is 10.8. The number of carbonyl (C=O) groups is 1. The zero-order valence-electron chi connectivity index (χ0n) is 11.7. The third-order valence-electron chi connectivity index (χ3n) is 2.48. The lowest BCUT2D eigenvalue weighted by molar-refractivity contribution is -0.144. The molecule has 0 radical (unpaired) electrons. The number of aliphatic carboxylic acids is 1. The topological polar surface area (TPSA) is 58.6 Å². The van der Waals surface area contributed by atoms with Gasteiger partial charge in [-0.05, 0) is 45.9 Å². The highest BCUT2D eigenvalue weighted by Gasteiger charge is 2.16. The summed E-state index contributed by atoms with van der Waals surface area (Å²) in [6, 6.07) is 4.06. The van der Waals surface area contributed by atoms with E-state index in [2.05, 4.69) is 5.32 Å². The Morgan fingerprint density at radius 2 is 2.11 bits per heavy atom. The molecule has 5 heteroatoms. The summed E-state index contributed by atoms with van der Waals surface area (Å²) in [6.45, 7) is 7.82.